The molecule has 1 aromatic carbocycles. The van der Waals surface area contributed by atoms with Crippen LogP contribution in [-0.2, 0) is 6.42 Å². The minimum atomic E-state index is 0.253. The van der Waals surface area contributed by atoms with Crippen LogP contribution in [0.1, 0.15) is 10.7 Å². The number of azo groups is 1. The lowest BCUT2D eigenvalue weighted by atomic mass is 10.3. The van der Waals surface area contributed by atoms with Crippen LogP contribution in [-0.4, -0.2) is 4.98 Å². The summed E-state index contributed by atoms with van der Waals surface area (Å²) in [5.74, 6) is 0. The summed E-state index contributed by atoms with van der Waals surface area (Å²) < 4.78 is 0. The van der Waals surface area contributed by atoms with Crippen molar-refractivity contribution in [3.8, 4) is 6.07 Å². The third-order valence-electron chi connectivity index (χ3n) is 2.27. The summed E-state index contributed by atoms with van der Waals surface area (Å²) in [6.45, 7) is 1.80. The molecular weight excluding hydrogens is 339 g/mol. The van der Waals surface area contributed by atoms with Gasteiger partial charge in [0.15, 0.2) is 5.00 Å². The Labute approximate surface area is 134 Å². The number of hydrogen-bond acceptors (Lipinski definition) is 5. The maximum atomic E-state index is 8.64. The number of halogens is 3. The minimum absolute atomic E-state index is 0.253. The number of aromatic nitrogens is 1. The van der Waals surface area contributed by atoms with E-state index in [0.717, 1.165) is 0 Å². The second kappa shape index (κ2) is 6.51. The molecule has 0 radical (unpaired) electrons. The third kappa shape index (κ3) is 3.47. The van der Waals surface area contributed by atoms with Crippen LogP contribution < -0.4 is 0 Å². The van der Waals surface area contributed by atoms with Gasteiger partial charge in [-0.2, -0.15) is 5.26 Å². The smallest absolute Gasteiger partial charge is 0.161 e. The van der Waals surface area contributed by atoms with Gasteiger partial charge in [-0.3, -0.25) is 0 Å². The first-order valence-electron chi connectivity index (χ1n) is 5.41. The van der Waals surface area contributed by atoms with E-state index in [-0.39, 0.29) is 6.42 Å². The van der Waals surface area contributed by atoms with Crippen molar-refractivity contribution in [3.05, 3.63) is 37.9 Å². The molecule has 20 heavy (non-hydrogen) atoms. The van der Waals surface area contributed by atoms with E-state index in [4.69, 9.17) is 40.1 Å². The first-order chi connectivity index (χ1) is 9.51. The Kier molecular flexibility index (Phi) is 4.95. The summed E-state index contributed by atoms with van der Waals surface area (Å²) in [6.07, 6.45) is 0.253. The first kappa shape index (κ1) is 15.2. The van der Waals surface area contributed by atoms with E-state index in [9.17, 15) is 0 Å². The fraction of sp³-hybridized carbons (Fsp3) is 0.167. The van der Waals surface area contributed by atoms with E-state index in [1.54, 1.807) is 19.1 Å². The summed E-state index contributed by atoms with van der Waals surface area (Å²) in [4.78, 5) is 4.23. The SMILES string of the molecule is Cc1nc(CC#N)sc1N=Nc1c(Cl)cc(Cl)cc1Cl. The molecule has 0 amide bonds. The molecule has 0 spiro atoms. The zero-order valence-electron chi connectivity index (χ0n) is 10.2. The maximum Gasteiger partial charge on any atom is 0.161 e. The van der Waals surface area contributed by atoms with Crippen molar-refractivity contribution in [1.82, 2.24) is 4.98 Å². The van der Waals surface area contributed by atoms with Crippen molar-refractivity contribution in [2.45, 2.75) is 13.3 Å². The van der Waals surface area contributed by atoms with E-state index in [1.807, 2.05) is 6.07 Å². The van der Waals surface area contributed by atoms with Crippen LogP contribution in [0.15, 0.2) is 22.4 Å². The van der Waals surface area contributed by atoms with Gasteiger partial charge in [-0.1, -0.05) is 46.1 Å². The van der Waals surface area contributed by atoms with Gasteiger partial charge in [0.25, 0.3) is 0 Å². The van der Waals surface area contributed by atoms with Crippen LogP contribution in [0.2, 0.25) is 15.1 Å². The molecule has 0 saturated heterocycles. The second-order valence-corrected chi connectivity index (χ2v) is 6.06. The Bertz CT molecular complexity index is 695. The molecule has 4 nitrogen and oxygen atoms in total. The second-order valence-electron chi connectivity index (χ2n) is 3.75. The lowest BCUT2D eigenvalue weighted by Gasteiger charge is -2.00. The lowest BCUT2D eigenvalue weighted by molar-refractivity contribution is 1.12. The third-order valence-corrected chi connectivity index (χ3v) is 4.11. The average Bonchev–Trinajstić information content (AvgIpc) is 2.69. The molecule has 1 aromatic heterocycles. The predicted molar refractivity (Wildman–Crippen MR) is 81.8 cm³/mol. The molecule has 0 unspecified atom stereocenters. The van der Waals surface area contributed by atoms with Gasteiger partial charge in [0.1, 0.15) is 10.7 Å². The molecule has 1 heterocycles. The highest BCUT2D eigenvalue weighted by molar-refractivity contribution is 7.15. The largest absolute Gasteiger partial charge is 0.243 e. The van der Waals surface area contributed by atoms with Gasteiger partial charge in [-0.05, 0) is 19.1 Å². The number of thiazole rings is 1. The zero-order valence-corrected chi connectivity index (χ0v) is 13.3. The number of benzene rings is 1. The van der Waals surface area contributed by atoms with Gasteiger partial charge in [0.2, 0.25) is 0 Å². The van der Waals surface area contributed by atoms with Crippen molar-refractivity contribution in [2.75, 3.05) is 0 Å². The van der Waals surface area contributed by atoms with Crippen molar-refractivity contribution in [1.29, 1.82) is 5.26 Å². The Balaban J connectivity index is 2.33. The van der Waals surface area contributed by atoms with Gasteiger partial charge in [-0.15, -0.1) is 10.2 Å². The average molecular weight is 346 g/mol. The van der Waals surface area contributed by atoms with E-state index < -0.39 is 0 Å². The van der Waals surface area contributed by atoms with Crippen molar-refractivity contribution in [2.24, 2.45) is 10.2 Å². The highest BCUT2D eigenvalue weighted by Crippen LogP contribution is 2.38. The fourth-order valence-corrected chi connectivity index (χ4v) is 3.11. The molecular formula is C12H7Cl3N4S. The number of nitrogens with zero attached hydrogens (tertiary/aromatic N) is 4. The number of rotatable bonds is 3. The molecule has 0 atom stereocenters. The van der Waals surface area contributed by atoms with Crippen LogP contribution in [0.3, 0.4) is 0 Å². The Morgan fingerprint density at radius 3 is 2.50 bits per heavy atom. The van der Waals surface area contributed by atoms with E-state index in [2.05, 4.69) is 15.2 Å². The summed E-state index contributed by atoms with van der Waals surface area (Å²) in [7, 11) is 0. The monoisotopic (exact) mass is 344 g/mol. The normalized spacial score (nSPS) is 10.9. The van der Waals surface area contributed by atoms with Crippen LogP contribution in [0.4, 0.5) is 10.7 Å². The predicted octanol–water partition coefficient (Wildman–Crippen LogP) is 5.89. The molecule has 2 rings (SSSR count). The fourth-order valence-electron chi connectivity index (χ4n) is 1.40. The van der Waals surface area contributed by atoms with Crippen LogP contribution >= 0.6 is 46.1 Å². The van der Waals surface area contributed by atoms with Crippen molar-refractivity contribution in [3.63, 3.8) is 0 Å². The van der Waals surface area contributed by atoms with E-state index in [1.165, 1.54) is 11.3 Å². The molecule has 0 bridgehead atoms. The summed E-state index contributed by atoms with van der Waals surface area (Å²) in [5, 5.41) is 19.2. The van der Waals surface area contributed by atoms with E-state index >= 15 is 0 Å². The molecule has 0 fully saturated rings. The topological polar surface area (TPSA) is 61.4 Å². The van der Waals surface area contributed by atoms with Gasteiger partial charge < -0.3 is 0 Å². The van der Waals surface area contributed by atoms with Gasteiger partial charge in [-0.25, -0.2) is 4.98 Å². The Hall–Kier alpha value is -1.19. The van der Waals surface area contributed by atoms with Gasteiger partial charge in [0.05, 0.1) is 28.2 Å². The first-order valence-corrected chi connectivity index (χ1v) is 7.36. The lowest BCUT2D eigenvalue weighted by Crippen LogP contribution is -1.78. The summed E-state index contributed by atoms with van der Waals surface area (Å²) >= 11 is 19.2. The molecule has 0 aliphatic heterocycles. The molecule has 102 valence electrons. The molecule has 8 heteroatoms. The Morgan fingerprint density at radius 2 is 1.90 bits per heavy atom. The number of aryl methyl sites for hydroxylation is 1. The quantitative estimate of drug-likeness (QED) is 0.651. The molecule has 0 aliphatic carbocycles. The molecule has 2 aromatic rings. The number of hydrogen-bond donors (Lipinski definition) is 0. The number of nitriles is 1. The zero-order chi connectivity index (χ0) is 14.7. The summed E-state index contributed by atoms with van der Waals surface area (Å²) in [6, 6.07) is 5.13. The summed E-state index contributed by atoms with van der Waals surface area (Å²) in [5.41, 5.74) is 1.07. The minimum Gasteiger partial charge on any atom is -0.243 e. The van der Waals surface area contributed by atoms with Crippen molar-refractivity contribution < 1.29 is 0 Å². The molecule has 0 saturated carbocycles. The molecule has 0 aliphatic rings. The van der Waals surface area contributed by atoms with E-state index in [0.29, 0.717) is 36.5 Å². The maximum absolute atomic E-state index is 8.64. The van der Waals surface area contributed by atoms with Gasteiger partial charge in [0, 0.05) is 5.02 Å². The van der Waals surface area contributed by atoms with Gasteiger partial charge >= 0.3 is 0 Å². The van der Waals surface area contributed by atoms with Crippen LogP contribution in [0.25, 0.3) is 0 Å². The van der Waals surface area contributed by atoms with Crippen LogP contribution in [0, 0.1) is 18.3 Å². The molecule has 0 N–H and O–H groups in total. The van der Waals surface area contributed by atoms with Crippen LogP contribution in [0.5, 0.6) is 0 Å². The van der Waals surface area contributed by atoms with Crippen molar-refractivity contribution >= 4 is 56.8 Å². The highest BCUT2D eigenvalue weighted by Gasteiger charge is 2.09. The standard InChI is InChI=1S/C12H7Cl3N4S/c1-6-12(20-10(17-6)2-3-16)19-18-11-8(14)4-7(13)5-9(11)15/h4-5H,2H2,1H3. The highest BCUT2D eigenvalue weighted by atomic mass is 35.5. The Morgan fingerprint density at radius 1 is 1.25 bits per heavy atom.